The van der Waals surface area contributed by atoms with Crippen LogP contribution in [-0.4, -0.2) is 188 Å². The molecule has 0 aromatic heterocycles. The van der Waals surface area contributed by atoms with Gasteiger partial charge in [-0.2, -0.15) is 0 Å². The molecule has 2 unspecified atom stereocenters. The highest BCUT2D eigenvalue weighted by atomic mass is 16.6. The monoisotopic (exact) mass is 1090 g/mol. The molecule has 3 aliphatic heterocycles. The second-order valence-electron chi connectivity index (χ2n) is 22.2. The van der Waals surface area contributed by atoms with Gasteiger partial charge in [-0.25, -0.2) is 28.8 Å². The summed E-state index contributed by atoms with van der Waals surface area (Å²) in [6, 6.07) is 26.4. The molecule has 2 N–H and O–H groups in total. The molecule has 3 fully saturated rings. The summed E-state index contributed by atoms with van der Waals surface area (Å²) in [5, 5.41) is 20.1. The summed E-state index contributed by atoms with van der Waals surface area (Å²) in [4.78, 5) is 94.9. The van der Waals surface area contributed by atoms with Crippen molar-refractivity contribution in [3.63, 3.8) is 0 Å². The number of ketones is 1. The van der Waals surface area contributed by atoms with E-state index in [2.05, 4.69) is 0 Å². The summed E-state index contributed by atoms with van der Waals surface area (Å²) in [5.41, 5.74) is 0.805. The second kappa shape index (κ2) is 29.0. The maximum absolute atomic E-state index is 12.4. The van der Waals surface area contributed by atoms with Gasteiger partial charge < -0.3 is 53.3 Å². The van der Waals surface area contributed by atoms with Crippen molar-refractivity contribution in [1.29, 1.82) is 0 Å². The maximum Gasteiger partial charge on any atom is 0.411 e. The first kappa shape index (κ1) is 63.4. The Hall–Kier alpha value is -7.13. The van der Waals surface area contributed by atoms with E-state index < -0.39 is 83.7 Å². The quantitative estimate of drug-likeness (QED) is 0.193. The van der Waals surface area contributed by atoms with Gasteiger partial charge in [-0.1, -0.05) is 91.0 Å². The fourth-order valence-corrected chi connectivity index (χ4v) is 8.14. The van der Waals surface area contributed by atoms with E-state index in [1.807, 2.05) is 91.0 Å². The van der Waals surface area contributed by atoms with Gasteiger partial charge >= 0.3 is 36.6 Å². The van der Waals surface area contributed by atoms with Gasteiger partial charge in [0.15, 0.2) is 5.78 Å². The van der Waals surface area contributed by atoms with E-state index in [9.17, 15) is 43.8 Å². The van der Waals surface area contributed by atoms with Gasteiger partial charge in [0, 0.05) is 52.4 Å². The van der Waals surface area contributed by atoms with Crippen molar-refractivity contribution in [2.75, 3.05) is 58.9 Å². The maximum atomic E-state index is 12.4. The molecule has 3 aromatic rings. The van der Waals surface area contributed by atoms with Crippen molar-refractivity contribution in [3.8, 4) is 0 Å². The Bertz CT molecular complexity index is 2300. The lowest BCUT2D eigenvalue weighted by Gasteiger charge is -2.42. The Morgan fingerprint density at radius 1 is 0.436 bits per heavy atom. The number of benzene rings is 3. The summed E-state index contributed by atoms with van der Waals surface area (Å²) in [6.45, 7) is 23.4. The predicted octanol–water partition coefficient (Wildman–Crippen LogP) is 8.08. The molecule has 3 aromatic carbocycles. The molecule has 6 rings (SSSR count). The Labute approximate surface area is 459 Å². The smallest absolute Gasteiger partial charge is 0.411 e. The molecule has 78 heavy (non-hydrogen) atoms. The van der Waals surface area contributed by atoms with Crippen LogP contribution in [0.15, 0.2) is 91.0 Å². The van der Waals surface area contributed by atoms with Crippen molar-refractivity contribution in [2.45, 2.75) is 150 Å². The number of amides is 6. The standard InChI is InChI=1S/2C19H28N2O5.C19H26N2O5/c3*1-14(22)16-12-20(10-11-21(16)18(24)26-19(2,3)4)17(23)25-13-15-8-6-5-7-9-15/h2*5-9,14,16,22H,10-13H2,1-4H3;5-9,16H,10-13H2,1-4H3/t2*14-,16?;16-/m101/s1. The molecular formula is C57H82N6O15. The molecular weight excluding hydrogens is 1010 g/mol. The van der Waals surface area contributed by atoms with Crippen molar-refractivity contribution in [2.24, 2.45) is 0 Å². The number of hydrogen-bond acceptors (Lipinski definition) is 15. The third-order valence-corrected chi connectivity index (χ3v) is 12.1. The molecule has 5 atom stereocenters. The number of nitrogens with zero attached hydrogens (tertiary/aromatic N) is 6. The van der Waals surface area contributed by atoms with E-state index in [1.165, 1.54) is 36.3 Å². The minimum atomic E-state index is -0.799. The molecule has 0 radical (unpaired) electrons. The number of aliphatic hydroxyl groups is 2. The Morgan fingerprint density at radius 3 is 0.974 bits per heavy atom. The molecule has 3 aliphatic rings. The predicted molar refractivity (Wildman–Crippen MR) is 289 cm³/mol. The number of carbonyl (C=O) groups excluding carboxylic acids is 7. The number of carbonyl (C=O) groups is 7. The van der Waals surface area contributed by atoms with Gasteiger partial charge in [0.1, 0.15) is 42.7 Å². The van der Waals surface area contributed by atoms with E-state index in [0.717, 1.165) is 16.7 Å². The van der Waals surface area contributed by atoms with Crippen LogP contribution in [0.25, 0.3) is 0 Å². The molecule has 0 bridgehead atoms. The van der Waals surface area contributed by atoms with Crippen molar-refractivity contribution in [1.82, 2.24) is 29.4 Å². The average molecular weight is 1090 g/mol. The highest BCUT2D eigenvalue weighted by molar-refractivity contribution is 5.87. The normalized spacial score (nSPS) is 18.6. The van der Waals surface area contributed by atoms with Gasteiger partial charge in [-0.15, -0.1) is 0 Å². The van der Waals surface area contributed by atoms with Crippen molar-refractivity contribution in [3.05, 3.63) is 108 Å². The lowest BCUT2D eigenvalue weighted by atomic mass is 10.1. The molecule has 0 spiro atoms. The zero-order chi connectivity index (χ0) is 58.0. The van der Waals surface area contributed by atoms with Crippen LogP contribution in [0, 0.1) is 0 Å². The molecule has 21 nitrogen and oxygen atoms in total. The van der Waals surface area contributed by atoms with E-state index in [4.69, 9.17) is 28.4 Å². The Balaban J connectivity index is 0.000000252. The minimum absolute atomic E-state index is 0.0994. The van der Waals surface area contributed by atoms with Crippen LogP contribution in [0.4, 0.5) is 28.8 Å². The van der Waals surface area contributed by atoms with Crippen LogP contribution in [0.3, 0.4) is 0 Å². The van der Waals surface area contributed by atoms with E-state index >= 15 is 0 Å². The highest BCUT2D eigenvalue weighted by Crippen LogP contribution is 2.22. The zero-order valence-electron chi connectivity index (χ0n) is 47.4. The van der Waals surface area contributed by atoms with Crippen LogP contribution in [0.1, 0.15) is 99.8 Å². The van der Waals surface area contributed by atoms with E-state index in [0.29, 0.717) is 13.1 Å². The van der Waals surface area contributed by atoms with Gasteiger partial charge in [-0.05, 0) is 99.8 Å². The van der Waals surface area contributed by atoms with E-state index in [-0.39, 0.29) is 71.4 Å². The molecule has 6 amide bonds. The van der Waals surface area contributed by atoms with Gasteiger partial charge in [0.05, 0.1) is 30.8 Å². The number of aliphatic hydroxyl groups excluding tert-OH is 2. The number of ether oxygens (including phenoxy) is 6. The minimum Gasteiger partial charge on any atom is -0.445 e. The molecule has 0 aliphatic carbocycles. The molecule has 3 heterocycles. The first-order chi connectivity index (χ1) is 36.5. The van der Waals surface area contributed by atoms with Crippen LogP contribution in [0.5, 0.6) is 0 Å². The lowest BCUT2D eigenvalue weighted by molar-refractivity contribution is -0.124. The van der Waals surface area contributed by atoms with Gasteiger partial charge in [0.25, 0.3) is 0 Å². The van der Waals surface area contributed by atoms with Crippen LogP contribution >= 0.6 is 0 Å². The third-order valence-electron chi connectivity index (χ3n) is 12.1. The van der Waals surface area contributed by atoms with Crippen molar-refractivity contribution < 1.29 is 72.2 Å². The van der Waals surface area contributed by atoms with Gasteiger partial charge in [0.2, 0.25) is 0 Å². The Kier molecular flexibility index (Phi) is 23.6. The zero-order valence-corrected chi connectivity index (χ0v) is 47.4. The summed E-state index contributed by atoms with van der Waals surface area (Å²) in [5.74, 6) is -0.198. The molecule has 0 saturated carbocycles. The summed E-state index contributed by atoms with van der Waals surface area (Å²) in [6.07, 6.45) is -4.52. The van der Waals surface area contributed by atoms with Crippen molar-refractivity contribution >= 4 is 42.3 Å². The summed E-state index contributed by atoms with van der Waals surface area (Å²) < 4.78 is 32.2. The summed E-state index contributed by atoms with van der Waals surface area (Å²) in [7, 11) is 0. The first-order valence-electron chi connectivity index (χ1n) is 26.2. The fraction of sp³-hybridized carbons (Fsp3) is 0.561. The summed E-state index contributed by atoms with van der Waals surface area (Å²) >= 11 is 0. The number of hydrogen-bond donors (Lipinski definition) is 2. The SMILES string of the molecule is CC(=O)[C@H]1CN(C(=O)OCc2ccccc2)CCN1C(=O)OC(C)(C)C.C[C@@H](O)C1CN(C(=O)OCc2ccccc2)CCN1C(=O)OC(C)(C)C.C[C@H](O)C1CN(C(=O)OCc2ccccc2)CCN1C(=O)OC(C)(C)C. The van der Waals surface area contributed by atoms with Crippen LogP contribution in [0.2, 0.25) is 0 Å². The number of Topliss-reactive ketones (excluding diaryl/α,β-unsaturated/α-hetero) is 1. The largest absolute Gasteiger partial charge is 0.445 e. The average Bonchev–Trinajstić information content (AvgIpc) is 3.39. The van der Waals surface area contributed by atoms with E-state index in [1.54, 1.807) is 76.2 Å². The first-order valence-corrected chi connectivity index (χ1v) is 26.2. The molecule has 430 valence electrons. The Morgan fingerprint density at radius 2 is 0.705 bits per heavy atom. The lowest BCUT2D eigenvalue weighted by Crippen LogP contribution is -2.60. The topological polar surface area (TPSA) is 235 Å². The second-order valence-corrected chi connectivity index (χ2v) is 22.2. The van der Waals surface area contributed by atoms with Gasteiger partial charge in [-0.3, -0.25) is 19.5 Å². The third kappa shape index (κ3) is 21.4. The molecule has 21 heteroatoms. The fourth-order valence-electron chi connectivity index (χ4n) is 8.14. The number of rotatable bonds is 9. The van der Waals surface area contributed by atoms with Crippen LogP contribution in [-0.2, 0) is 53.0 Å². The molecule has 3 saturated heterocycles. The number of piperazine rings is 3. The highest BCUT2D eigenvalue weighted by Gasteiger charge is 2.41. The van der Waals surface area contributed by atoms with Crippen LogP contribution < -0.4 is 0 Å².